The molecule has 8 nitrogen and oxygen atoms in total. The number of halogens is 2. The van der Waals surface area contributed by atoms with Crippen LogP contribution < -0.4 is 9.64 Å². The molecule has 0 spiro atoms. The molecular formula is C25H22Cl2N6O2. The van der Waals surface area contributed by atoms with Crippen LogP contribution in [0.2, 0.25) is 10.0 Å². The largest absolute Gasteiger partial charge is 0.486 e. The van der Waals surface area contributed by atoms with Crippen molar-refractivity contribution < 1.29 is 9.84 Å². The zero-order valence-electron chi connectivity index (χ0n) is 18.9. The third-order valence-electron chi connectivity index (χ3n) is 6.17. The summed E-state index contributed by atoms with van der Waals surface area (Å²) < 4.78 is 6.15. The first-order chi connectivity index (χ1) is 16.9. The standard InChI is InChI=1S/C25H22Cl2N6O2/c1-14(23-20(26)12-29-13-21(23)27)35-18-2-3-22-19(9-18)24(32-31-22)16-8-15(10-28)25(30-11-16)33-6-4-17(34)5-7-33/h2-3,8-9,11-14,17,34H,4-7H2,1H3,(H,31,32)/t14-/m1/s1. The summed E-state index contributed by atoms with van der Waals surface area (Å²) in [6, 6.07) is 9.68. The van der Waals surface area contributed by atoms with Gasteiger partial charge in [-0.3, -0.25) is 10.1 Å². The van der Waals surface area contributed by atoms with E-state index in [2.05, 4.69) is 26.2 Å². The minimum atomic E-state index is -0.403. The van der Waals surface area contributed by atoms with Crippen molar-refractivity contribution in [1.29, 1.82) is 5.26 Å². The van der Waals surface area contributed by atoms with Gasteiger partial charge in [-0.1, -0.05) is 23.2 Å². The summed E-state index contributed by atoms with van der Waals surface area (Å²) in [4.78, 5) is 10.6. The monoisotopic (exact) mass is 508 g/mol. The van der Waals surface area contributed by atoms with E-state index >= 15 is 0 Å². The van der Waals surface area contributed by atoms with Crippen molar-refractivity contribution in [2.75, 3.05) is 18.0 Å². The molecule has 3 aromatic heterocycles. The smallest absolute Gasteiger partial charge is 0.146 e. The molecule has 1 aliphatic rings. The third-order valence-corrected chi connectivity index (χ3v) is 6.77. The highest BCUT2D eigenvalue weighted by Gasteiger charge is 2.22. The van der Waals surface area contributed by atoms with Crippen LogP contribution in [0.25, 0.3) is 22.2 Å². The van der Waals surface area contributed by atoms with E-state index in [9.17, 15) is 10.4 Å². The molecule has 0 aliphatic carbocycles. The van der Waals surface area contributed by atoms with Crippen molar-refractivity contribution >= 4 is 39.9 Å². The van der Waals surface area contributed by atoms with Crippen molar-refractivity contribution in [3.8, 4) is 23.1 Å². The first kappa shape index (κ1) is 23.4. The fourth-order valence-electron chi connectivity index (χ4n) is 4.36. The normalized spacial score (nSPS) is 15.2. The summed E-state index contributed by atoms with van der Waals surface area (Å²) in [5.41, 5.74) is 3.35. The Balaban J connectivity index is 1.45. The van der Waals surface area contributed by atoms with Crippen LogP contribution >= 0.6 is 23.2 Å². The zero-order chi connectivity index (χ0) is 24.5. The molecule has 2 N–H and O–H groups in total. The van der Waals surface area contributed by atoms with E-state index in [-0.39, 0.29) is 6.10 Å². The molecule has 1 aliphatic heterocycles. The Kier molecular flexibility index (Phi) is 6.48. The van der Waals surface area contributed by atoms with E-state index in [1.165, 1.54) is 12.4 Å². The number of piperidine rings is 1. The average molecular weight is 509 g/mol. The number of ether oxygens (including phenoxy) is 1. The topological polar surface area (TPSA) is 111 Å². The van der Waals surface area contributed by atoms with Gasteiger partial charge in [0.1, 0.15) is 29.4 Å². The lowest BCUT2D eigenvalue weighted by atomic mass is 10.1. The van der Waals surface area contributed by atoms with Crippen molar-refractivity contribution in [1.82, 2.24) is 20.2 Å². The SMILES string of the molecule is C[C@@H](Oc1ccc2[nH]nc(-c3cnc(N4CCC(O)CC4)c(C#N)c3)c2c1)c1c(Cl)cncc1Cl. The molecule has 0 bridgehead atoms. The molecule has 1 fully saturated rings. The first-order valence-electron chi connectivity index (χ1n) is 11.2. The number of nitrogens with one attached hydrogen (secondary N) is 1. The number of aromatic amines is 1. The van der Waals surface area contributed by atoms with Gasteiger partial charge in [-0.2, -0.15) is 10.4 Å². The highest BCUT2D eigenvalue weighted by atomic mass is 35.5. The lowest BCUT2D eigenvalue weighted by molar-refractivity contribution is 0.145. The summed E-state index contributed by atoms with van der Waals surface area (Å²) in [6.07, 6.45) is 5.43. The molecule has 0 amide bonds. The van der Waals surface area contributed by atoms with Crippen LogP contribution in [0.3, 0.4) is 0 Å². The van der Waals surface area contributed by atoms with Crippen LogP contribution in [0.5, 0.6) is 5.75 Å². The number of nitrogens with zero attached hydrogens (tertiary/aromatic N) is 5. The number of fused-ring (bicyclic) bond motifs is 1. The number of aliphatic hydroxyl groups excluding tert-OH is 1. The summed E-state index contributed by atoms with van der Waals surface area (Å²) in [7, 11) is 0. The Labute approximate surface area is 212 Å². The van der Waals surface area contributed by atoms with E-state index in [1.807, 2.05) is 30.0 Å². The van der Waals surface area contributed by atoms with Crippen LogP contribution in [0.1, 0.15) is 37.0 Å². The van der Waals surface area contributed by atoms with Gasteiger partial charge in [0.2, 0.25) is 0 Å². The van der Waals surface area contributed by atoms with Gasteiger partial charge in [-0.25, -0.2) is 4.98 Å². The molecule has 1 saturated heterocycles. The molecular weight excluding hydrogens is 487 g/mol. The Bertz CT molecular complexity index is 1410. The maximum absolute atomic E-state index is 9.79. The predicted octanol–water partition coefficient (Wildman–Crippen LogP) is 5.30. The van der Waals surface area contributed by atoms with Crippen LogP contribution in [-0.4, -0.2) is 44.5 Å². The molecule has 5 rings (SSSR count). The van der Waals surface area contributed by atoms with Gasteiger partial charge in [0.05, 0.1) is 27.2 Å². The van der Waals surface area contributed by atoms with E-state index in [1.54, 1.807) is 12.3 Å². The number of benzene rings is 1. The second-order valence-corrected chi connectivity index (χ2v) is 9.30. The molecule has 0 saturated carbocycles. The van der Waals surface area contributed by atoms with Gasteiger partial charge < -0.3 is 14.7 Å². The number of anilines is 1. The quantitative estimate of drug-likeness (QED) is 0.376. The lowest BCUT2D eigenvalue weighted by Gasteiger charge is -2.31. The molecule has 1 atom stereocenters. The van der Waals surface area contributed by atoms with Gasteiger partial charge >= 0.3 is 0 Å². The van der Waals surface area contributed by atoms with E-state index in [0.29, 0.717) is 64.4 Å². The number of H-pyrrole nitrogens is 1. The third kappa shape index (κ3) is 4.63. The van der Waals surface area contributed by atoms with Crippen LogP contribution in [0.4, 0.5) is 5.82 Å². The molecule has 1 aromatic carbocycles. The molecule has 10 heteroatoms. The summed E-state index contributed by atoms with van der Waals surface area (Å²) >= 11 is 12.6. The van der Waals surface area contributed by atoms with E-state index in [4.69, 9.17) is 27.9 Å². The summed E-state index contributed by atoms with van der Waals surface area (Å²) in [5, 5.41) is 28.8. The maximum atomic E-state index is 9.79. The summed E-state index contributed by atoms with van der Waals surface area (Å²) in [6.45, 7) is 3.20. The number of pyridine rings is 2. The highest BCUT2D eigenvalue weighted by molar-refractivity contribution is 6.35. The predicted molar refractivity (Wildman–Crippen MR) is 135 cm³/mol. The molecule has 4 heterocycles. The number of hydrogen-bond donors (Lipinski definition) is 2. The number of rotatable bonds is 5. The van der Waals surface area contributed by atoms with Crippen LogP contribution in [-0.2, 0) is 0 Å². The van der Waals surface area contributed by atoms with Gasteiger partial charge in [0, 0.05) is 48.2 Å². The highest BCUT2D eigenvalue weighted by Crippen LogP contribution is 2.35. The number of aliphatic hydroxyl groups is 1. The minimum Gasteiger partial charge on any atom is -0.486 e. The van der Waals surface area contributed by atoms with E-state index in [0.717, 1.165) is 16.5 Å². The summed E-state index contributed by atoms with van der Waals surface area (Å²) in [5.74, 6) is 1.25. The van der Waals surface area contributed by atoms with Crippen LogP contribution in [0, 0.1) is 11.3 Å². The second-order valence-electron chi connectivity index (χ2n) is 8.48. The van der Waals surface area contributed by atoms with Gasteiger partial charge in [-0.15, -0.1) is 0 Å². The molecule has 35 heavy (non-hydrogen) atoms. The Morgan fingerprint density at radius 2 is 1.91 bits per heavy atom. The van der Waals surface area contributed by atoms with Crippen molar-refractivity contribution in [2.24, 2.45) is 0 Å². The van der Waals surface area contributed by atoms with Crippen molar-refractivity contribution in [3.05, 3.63) is 64.0 Å². The van der Waals surface area contributed by atoms with Crippen LogP contribution in [0.15, 0.2) is 42.9 Å². The fraction of sp³-hybridized carbons (Fsp3) is 0.280. The lowest BCUT2D eigenvalue weighted by Crippen LogP contribution is -2.36. The Morgan fingerprint density at radius 3 is 2.63 bits per heavy atom. The molecule has 178 valence electrons. The maximum Gasteiger partial charge on any atom is 0.146 e. The average Bonchev–Trinajstić information content (AvgIpc) is 3.27. The van der Waals surface area contributed by atoms with Crippen molar-refractivity contribution in [2.45, 2.75) is 32.0 Å². The minimum absolute atomic E-state index is 0.295. The zero-order valence-corrected chi connectivity index (χ0v) is 20.4. The second kappa shape index (κ2) is 9.70. The fourth-order valence-corrected chi connectivity index (χ4v) is 5.03. The molecule has 0 radical (unpaired) electrons. The Morgan fingerprint density at radius 1 is 1.17 bits per heavy atom. The number of aromatic nitrogens is 4. The van der Waals surface area contributed by atoms with Gasteiger partial charge in [0.15, 0.2) is 0 Å². The number of hydrogen-bond acceptors (Lipinski definition) is 7. The first-order valence-corrected chi connectivity index (χ1v) is 12.0. The van der Waals surface area contributed by atoms with E-state index < -0.39 is 6.10 Å². The van der Waals surface area contributed by atoms with Crippen molar-refractivity contribution in [3.63, 3.8) is 0 Å². The Hall–Kier alpha value is -3.38. The number of nitriles is 1. The van der Waals surface area contributed by atoms with Gasteiger partial charge in [-0.05, 0) is 44.0 Å². The van der Waals surface area contributed by atoms with Gasteiger partial charge in [0.25, 0.3) is 0 Å². The molecule has 4 aromatic rings. The molecule has 0 unspecified atom stereocenters.